The summed E-state index contributed by atoms with van der Waals surface area (Å²) in [6.07, 6.45) is 17.7. The van der Waals surface area contributed by atoms with E-state index in [0.29, 0.717) is 14.3 Å². The lowest BCUT2D eigenvalue weighted by atomic mass is 10.2. The number of hydrogen-bond donors (Lipinski definition) is 0. The van der Waals surface area contributed by atoms with Gasteiger partial charge in [-0.2, -0.15) is 0 Å². The smallest absolute Gasteiger partial charge is 0.0468 e. The van der Waals surface area contributed by atoms with Crippen molar-refractivity contribution in [1.82, 2.24) is 0 Å². The van der Waals surface area contributed by atoms with Crippen LogP contribution in [-0.4, -0.2) is 71.3 Å². The summed E-state index contributed by atoms with van der Waals surface area (Å²) < 4.78 is 0.532. The molecule has 0 saturated carbocycles. The molecule has 1 aliphatic rings. The van der Waals surface area contributed by atoms with Crippen LogP contribution in [-0.2, 0) is 0 Å². The fourth-order valence-corrected chi connectivity index (χ4v) is 29.3. The van der Waals surface area contributed by atoms with Crippen molar-refractivity contribution in [3.8, 4) is 0 Å². The van der Waals surface area contributed by atoms with Crippen molar-refractivity contribution in [3.63, 3.8) is 0 Å². The number of unbranched alkanes of at least 4 members (excludes halogenated alkanes) is 4. The Labute approximate surface area is 209 Å². The topological polar surface area (TPSA) is 0 Å². The van der Waals surface area contributed by atoms with E-state index >= 15 is 0 Å². The Kier molecular flexibility index (Phi) is 15.8. The van der Waals surface area contributed by atoms with Gasteiger partial charge in [0.2, 0.25) is 0 Å². The normalized spacial score (nSPS) is 29.8. The molecule has 5 atom stereocenters. The van der Waals surface area contributed by atoms with E-state index < -0.39 is 0 Å². The van der Waals surface area contributed by atoms with Gasteiger partial charge in [0.25, 0.3) is 0 Å². The molecule has 1 fully saturated rings. The second kappa shape index (κ2) is 15.6. The van der Waals surface area contributed by atoms with Gasteiger partial charge in [-0.3, -0.25) is 0 Å². The molecule has 1 saturated heterocycles. The first-order valence-electron chi connectivity index (χ1n) is 13.0. The quantitative estimate of drug-likeness (QED) is 0.165. The molecule has 0 bridgehead atoms. The van der Waals surface area contributed by atoms with Gasteiger partial charge in [-0.05, 0) is 83.9 Å². The van der Waals surface area contributed by atoms with Gasteiger partial charge in [0, 0.05) is 20.0 Å². The monoisotopic (exact) mass is 542 g/mol. The summed E-state index contributed by atoms with van der Waals surface area (Å²) >= 11 is 2.48. The van der Waals surface area contributed by atoms with Crippen molar-refractivity contribution in [1.29, 1.82) is 0 Å². The van der Waals surface area contributed by atoms with Crippen LogP contribution in [0.25, 0.3) is 0 Å². The second-order valence-corrected chi connectivity index (χ2v) is 22.8. The minimum Gasteiger partial charge on any atom is -0.148 e. The number of rotatable bonds is 17. The lowest BCUT2D eigenvalue weighted by molar-refractivity contribution is 0.685. The molecule has 0 amide bonds. The molecule has 0 radical (unpaired) electrons. The van der Waals surface area contributed by atoms with Crippen LogP contribution in [0.1, 0.15) is 86.0 Å². The van der Waals surface area contributed by atoms with Crippen molar-refractivity contribution in [2.45, 2.75) is 100 Å². The Balaban J connectivity index is 3.69. The first-order chi connectivity index (χ1) is 14.8. The van der Waals surface area contributed by atoms with Gasteiger partial charge in [0.1, 0.15) is 0 Å². The maximum atomic E-state index is 2.78. The zero-order valence-electron chi connectivity index (χ0n) is 22.4. The molecule has 6 heteroatoms. The summed E-state index contributed by atoms with van der Waals surface area (Å²) in [6, 6.07) is 0. The Morgan fingerprint density at radius 3 is 1.45 bits per heavy atom. The van der Waals surface area contributed by atoms with Crippen LogP contribution in [0, 0.1) is 0 Å². The van der Waals surface area contributed by atoms with E-state index in [1.54, 1.807) is 24.6 Å². The molecule has 0 spiro atoms. The van der Waals surface area contributed by atoms with Gasteiger partial charge in [0.05, 0.1) is 0 Å². The lowest BCUT2D eigenvalue weighted by Crippen LogP contribution is -2.53. The van der Waals surface area contributed by atoms with Crippen LogP contribution in [0.5, 0.6) is 0 Å². The van der Waals surface area contributed by atoms with E-state index in [1.165, 1.54) is 57.1 Å². The molecule has 0 aromatic carbocycles. The predicted molar refractivity (Wildman–Crippen MR) is 167 cm³/mol. The zero-order chi connectivity index (χ0) is 23.5. The van der Waals surface area contributed by atoms with E-state index in [1.807, 2.05) is 0 Å². The number of thioether (sulfide) groups is 1. The molecule has 1 heterocycles. The van der Waals surface area contributed by atoms with Crippen molar-refractivity contribution < 1.29 is 0 Å². The highest BCUT2D eigenvalue weighted by Crippen LogP contribution is 2.88. The molecule has 0 N–H and O–H groups in total. The van der Waals surface area contributed by atoms with E-state index in [2.05, 4.69) is 73.0 Å². The second-order valence-electron chi connectivity index (χ2n) is 9.62. The molecule has 1 rings (SSSR count). The highest BCUT2D eigenvalue weighted by molar-refractivity contribution is 8.09. The van der Waals surface area contributed by atoms with Gasteiger partial charge in [-0.1, -0.05) is 77.1 Å². The minimum atomic E-state index is 0.0464. The molecule has 0 aromatic heterocycles. The SMILES string of the molecule is CCCCP(CCCC)C1(PC)CSC(C)(P(C)C)C1(PC)P(CCCC)CCCC. The standard InChI is InChI=1S/C25H55P5S/c1-10-14-18-29(19-15-11-2)24(26-6)22-31-23(5,28(8)9)25(24,27-7)30(20-16-12-3)21-17-13-4/h26-27H,10-22H2,1-9H3. The highest BCUT2D eigenvalue weighted by atomic mass is 32.2. The maximum Gasteiger partial charge on any atom is 0.0468 e. The van der Waals surface area contributed by atoms with Crippen LogP contribution in [0.4, 0.5) is 0 Å². The van der Waals surface area contributed by atoms with Gasteiger partial charge >= 0.3 is 0 Å². The Morgan fingerprint density at radius 1 is 0.710 bits per heavy atom. The summed E-state index contributed by atoms with van der Waals surface area (Å²) in [7, 11) is 2.55. The van der Waals surface area contributed by atoms with Crippen molar-refractivity contribution in [3.05, 3.63) is 0 Å². The van der Waals surface area contributed by atoms with Crippen LogP contribution in [0.15, 0.2) is 0 Å². The van der Waals surface area contributed by atoms with E-state index in [-0.39, 0.29) is 23.8 Å². The maximum absolute atomic E-state index is 2.78. The average Bonchev–Trinajstić information content (AvgIpc) is 3.04. The van der Waals surface area contributed by atoms with Gasteiger partial charge in [0.15, 0.2) is 0 Å². The van der Waals surface area contributed by atoms with E-state index in [0.717, 1.165) is 17.2 Å². The van der Waals surface area contributed by atoms with Crippen LogP contribution in [0.2, 0.25) is 0 Å². The van der Waals surface area contributed by atoms with Crippen LogP contribution in [0.3, 0.4) is 0 Å². The summed E-state index contributed by atoms with van der Waals surface area (Å²) in [4.78, 5) is 1.30. The lowest BCUT2D eigenvalue weighted by Gasteiger charge is -2.60. The first kappa shape index (κ1) is 31.5. The van der Waals surface area contributed by atoms with Crippen LogP contribution >= 0.6 is 52.7 Å². The predicted octanol–water partition coefficient (Wildman–Crippen LogP) is 10.4. The Hall–Kier alpha value is 2.50. The first-order valence-corrected chi connectivity index (χ1v) is 22.7. The molecule has 186 valence electrons. The summed E-state index contributed by atoms with van der Waals surface area (Å²) in [5.41, 5.74) is 0. The number of hydrogen-bond acceptors (Lipinski definition) is 1. The highest BCUT2D eigenvalue weighted by Gasteiger charge is 2.69. The fourth-order valence-electron chi connectivity index (χ4n) is 5.51. The largest absolute Gasteiger partial charge is 0.148 e. The molecule has 0 nitrogen and oxygen atoms in total. The third kappa shape index (κ3) is 6.64. The summed E-state index contributed by atoms with van der Waals surface area (Å²) in [5.74, 6) is 1.50. The van der Waals surface area contributed by atoms with Crippen molar-refractivity contribution >= 4 is 52.7 Å². The van der Waals surface area contributed by atoms with Gasteiger partial charge in [-0.25, -0.2) is 0 Å². The Bertz CT molecular complexity index is 475. The molecule has 31 heavy (non-hydrogen) atoms. The fraction of sp³-hybridized carbons (Fsp3) is 1.00. The average molecular weight is 543 g/mol. The van der Waals surface area contributed by atoms with Gasteiger partial charge < -0.3 is 0 Å². The third-order valence-corrected chi connectivity index (χ3v) is 27.7. The van der Waals surface area contributed by atoms with Gasteiger partial charge in [-0.15, -0.1) is 28.9 Å². The van der Waals surface area contributed by atoms with Crippen molar-refractivity contribution in [2.24, 2.45) is 0 Å². The zero-order valence-corrected chi connectivity index (χ0v) is 27.9. The summed E-state index contributed by atoms with van der Waals surface area (Å²) in [5, 5.41) is 0. The summed E-state index contributed by atoms with van der Waals surface area (Å²) in [6.45, 7) is 23.1. The third-order valence-electron chi connectivity index (χ3n) is 7.60. The molecule has 0 aliphatic carbocycles. The molecular weight excluding hydrogens is 487 g/mol. The van der Waals surface area contributed by atoms with Crippen molar-refractivity contribution in [2.75, 3.05) is 57.1 Å². The van der Waals surface area contributed by atoms with E-state index in [4.69, 9.17) is 0 Å². The Morgan fingerprint density at radius 2 is 1.13 bits per heavy atom. The van der Waals surface area contributed by atoms with Crippen LogP contribution < -0.4 is 0 Å². The molecular formula is C25H55P5S. The van der Waals surface area contributed by atoms with E-state index in [9.17, 15) is 0 Å². The molecule has 1 aliphatic heterocycles. The molecule has 0 aromatic rings. The molecule has 5 unspecified atom stereocenters. The minimum absolute atomic E-state index is 0.0464.